The summed E-state index contributed by atoms with van der Waals surface area (Å²) in [4.78, 5) is 16.0. The van der Waals surface area contributed by atoms with Crippen LogP contribution in [0, 0.1) is 0 Å². The van der Waals surface area contributed by atoms with Crippen molar-refractivity contribution in [2.24, 2.45) is 0 Å². The zero-order valence-electron chi connectivity index (χ0n) is 9.06. The molecule has 86 valence electrons. The van der Waals surface area contributed by atoms with Crippen LogP contribution in [0.5, 0.6) is 5.88 Å². The maximum Gasteiger partial charge on any atom is 0.311 e. The molecule has 2 rings (SSSR count). The van der Waals surface area contributed by atoms with E-state index in [-0.39, 0.29) is 12.3 Å². The number of ether oxygens (including phenoxy) is 1. The van der Waals surface area contributed by atoms with Gasteiger partial charge in [-0.15, -0.1) is 11.3 Å². The number of rotatable bonds is 3. The van der Waals surface area contributed by atoms with E-state index in [2.05, 4.69) is 9.72 Å². The van der Waals surface area contributed by atoms with Crippen molar-refractivity contribution in [3.8, 4) is 5.88 Å². The number of thiazole rings is 1. The highest BCUT2D eigenvalue weighted by Crippen LogP contribution is 2.26. The van der Waals surface area contributed by atoms with Crippen LogP contribution in [0.25, 0.3) is 4.96 Å². The first-order valence-corrected chi connectivity index (χ1v) is 5.78. The third-order valence-corrected chi connectivity index (χ3v) is 3.26. The highest BCUT2D eigenvalue weighted by molar-refractivity contribution is 7.15. The average molecular weight is 240 g/mol. The molecule has 2 aromatic rings. The summed E-state index contributed by atoms with van der Waals surface area (Å²) in [7, 11) is 1.31. The number of hydrogen-bond acceptors (Lipinski definition) is 5. The van der Waals surface area contributed by atoms with Crippen LogP contribution in [-0.4, -0.2) is 27.6 Å². The molecule has 0 bridgehead atoms. The molecular weight excluding hydrogens is 228 g/mol. The maximum atomic E-state index is 11.1. The van der Waals surface area contributed by atoms with E-state index in [1.807, 2.05) is 12.3 Å². The van der Waals surface area contributed by atoms with E-state index in [0.29, 0.717) is 10.7 Å². The molecule has 1 N–H and O–H groups in total. The molecule has 0 aromatic carbocycles. The van der Waals surface area contributed by atoms with Crippen molar-refractivity contribution in [2.45, 2.75) is 19.8 Å². The van der Waals surface area contributed by atoms with E-state index in [4.69, 9.17) is 0 Å². The lowest BCUT2D eigenvalue weighted by Gasteiger charge is -1.98. The van der Waals surface area contributed by atoms with Crippen molar-refractivity contribution in [2.75, 3.05) is 7.11 Å². The number of imidazole rings is 1. The van der Waals surface area contributed by atoms with Crippen molar-refractivity contribution in [3.63, 3.8) is 0 Å². The maximum absolute atomic E-state index is 11.1. The number of methoxy groups -OCH3 is 1. The second kappa shape index (κ2) is 4.13. The monoisotopic (exact) mass is 240 g/mol. The van der Waals surface area contributed by atoms with Gasteiger partial charge in [0.2, 0.25) is 5.88 Å². The normalized spacial score (nSPS) is 10.9. The summed E-state index contributed by atoms with van der Waals surface area (Å²) >= 11 is 1.45. The van der Waals surface area contributed by atoms with Gasteiger partial charge in [-0.2, -0.15) is 0 Å². The Labute approximate surface area is 96.3 Å². The van der Waals surface area contributed by atoms with Gasteiger partial charge in [0.25, 0.3) is 0 Å². The van der Waals surface area contributed by atoms with Gasteiger partial charge in [0.05, 0.1) is 13.5 Å². The van der Waals surface area contributed by atoms with E-state index >= 15 is 0 Å². The number of aryl methyl sites for hydroxylation is 1. The molecule has 0 aliphatic carbocycles. The first-order chi connectivity index (χ1) is 7.67. The Bertz CT molecular complexity index is 529. The third kappa shape index (κ3) is 1.65. The largest absolute Gasteiger partial charge is 0.493 e. The first-order valence-electron chi connectivity index (χ1n) is 4.90. The summed E-state index contributed by atoms with van der Waals surface area (Å²) in [6, 6.07) is 0. The lowest BCUT2D eigenvalue weighted by molar-refractivity contribution is -0.139. The second-order valence-corrected chi connectivity index (χ2v) is 4.17. The van der Waals surface area contributed by atoms with Gasteiger partial charge in [0.15, 0.2) is 4.96 Å². The van der Waals surface area contributed by atoms with Crippen molar-refractivity contribution < 1.29 is 14.6 Å². The molecule has 0 saturated carbocycles. The van der Waals surface area contributed by atoms with E-state index in [0.717, 1.165) is 12.1 Å². The van der Waals surface area contributed by atoms with E-state index in [9.17, 15) is 9.90 Å². The first kappa shape index (κ1) is 10.9. The van der Waals surface area contributed by atoms with Crippen LogP contribution < -0.4 is 0 Å². The highest BCUT2D eigenvalue weighted by Gasteiger charge is 2.17. The van der Waals surface area contributed by atoms with Crippen LogP contribution in [0.2, 0.25) is 0 Å². The summed E-state index contributed by atoms with van der Waals surface area (Å²) in [5.74, 6) is -0.363. The molecule has 2 aromatic heterocycles. The fourth-order valence-corrected chi connectivity index (χ4v) is 2.50. The summed E-state index contributed by atoms with van der Waals surface area (Å²) < 4.78 is 6.21. The fraction of sp³-hybridized carbons (Fsp3) is 0.400. The number of aromatic hydroxyl groups is 1. The molecule has 0 saturated heterocycles. The second-order valence-electron chi connectivity index (χ2n) is 3.33. The summed E-state index contributed by atoms with van der Waals surface area (Å²) in [6.45, 7) is 2.00. The third-order valence-electron chi connectivity index (χ3n) is 2.38. The molecule has 6 heteroatoms. The Kier molecular flexibility index (Phi) is 2.82. The Morgan fingerprint density at radius 1 is 1.69 bits per heavy atom. The van der Waals surface area contributed by atoms with Crippen molar-refractivity contribution in [1.29, 1.82) is 0 Å². The quantitative estimate of drug-likeness (QED) is 0.823. The van der Waals surface area contributed by atoms with Crippen molar-refractivity contribution >= 4 is 22.3 Å². The molecule has 0 atom stereocenters. The van der Waals surface area contributed by atoms with Gasteiger partial charge >= 0.3 is 5.97 Å². The van der Waals surface area contributed by atoms with Crippen molar-refractivity contribution in [1.82, 2.24) is 9.38 Å². The smallest absolute Gasteiger partial charge is 0.311 e. The van der Waals surface area contributed by atoms with Crippen LogP contribution in [0.15, 0.2) is 5.38 Å². The number of carbonyl (C=O) groups excluding carboxylic acids is 1. The topological polar surface area (TPSA) is 63.8 Å². The summed E-state index contributed by atoms with van der Waals surface area (Å²) in [5.41, 5.74) is 1.36. The minimum Gasteiger partial charge on any atom is -0.493 e. The number of aromatic nitrogens is 2. The molecule has 16 heavy (non-hydrogen) atoms. The fourth-order valence-electron chi connectivity index (χ4n) is 1.52. The predicted octanol–water partition coefficient (Wildman–Crippen LogP) is 1.38. The Morgan fingerprint density at radius 3 is 3.06 bits per heavy atom. The molecule has 2 heterocycles. The molecule has 0 amide bonds. The minimum atomic E-state index is -0.404. The van der Waals surface area contributed by atoms with Crippen LogP contribution in [0.3, 0.4) is 0 Å². The van der Waals surface area contributed by atoms with Crippen LogP contribution >= 0.6 is 11.3 Å². The molecule has 0 aliphatic rings. The van der Waals surface area contributed by atoms with Crippen molar-refractivity contribution in [3.05, 3.63) is 16.8 Å². The van der Waals surface area contributed by atoms with Gasteiger partial charge in [-0.3, -0.25) is 9.20 Å². The Hall–Kier alpha value is -1.56. The lowest BCUT2D eigenvalue weighted by atomic mass is 10.3. The number of esters is 1. The van der Waals surface area contributed by atoms with Gasteiger partial charge in [0, 0.05) is 11.1 Å². The lowest BCUT2D eigenvalue weighted by Crippen LogP contribution is -2.04. The number of fused-ring (bicyclic) bond motifs is 1. The Balaban J connectivity index is 2.44. The summed E-state index contributed by atoms with van der Waals surface area (Å²) in [5, 5.41) is 11.9. The van der Waals surface area contributed by atoms with Gasteiger partial charge in [0.1, 0.15) is 5.69 Å². The zero-order chi connectivity index (χ0) is 11.7. The van der Waals surface area contributed by atoms with Gasteiger partial charge in [-0.25, -0.2) is 4.98 Å². The average Bonchev–Trinajstić information content (AvgIpc) is 2.81. The zero-order valence-corrected chi connectivity index (χ0v) is 9.87. The molecule has 0 fully saturated rings. The molecule has 0 radical (unpaired) electrons. The Morgan fingerprint density at radius 2 is 2.44 bits per heavy atom. The molecule has 5 nitrogen and oxygen atoms in total. The van der Waals surface area contributed by atoms with Gasteiger partial charge < -0.3 is 9.84 Å². The van der Waals surface area contributed by atoms with Crippen LogP contribution in [0.1, 0.15) is 18.3 Å². The molecule has 0 aliphatic heterocycles. The number of carbonyl (C=O) groups is 1. The standard InChI is InChI=1S/C10H12N2O3S/c1-3-6-5-16-10-11-7(4-8(13)15-2)9(14)12(6)10/h5,14H,3-4H2,1-2H3. The van der Waals surface area contributed by atoms with E-state index in [1.54, 1.807) is 4.40 Å². The SMILES string of the molecule is CCc1csc2nc(CC(=O)OC)c(O)n12. The molecular formula is C10H12N2O3S. The minimum absolute atomic E-state index is 0.000111. The number of nitrogens with zero attached hydrogens (tertiary/aromatic N) is 2. The molecule has 0 unspecified atom stereocenters. The van der Waals surface area contributed by atoms with E-state index < -0.39 is 5.97 Å². The number of hydrogen-bond donors (Lipinski definition) is 1. The van der Waals surface area contributed by atoms with Crippen LogP contribution in [0.4, 0.5) is 0 Å². The highest BCUT2D eigenvalue weighted by atomic mass is 32.1. The van der Waals surface area contributed by atoms with Gasteiger partial charge in [-0.05, 0) is 6.42 Å². The molecule has 0 spiro atoms. The van der Waals surface area contributed by atoms with Crippen LogP contribution in [-0.2, 0) is 22.4 Å². The van der Waals surface area contributed by atoms with E-state index in [1.165, 1.54) is 18.4 Å². The van der Waals surface area contributed by atoms with Gasteiger partial charge in [-0.1, -0.05) is 6.92 Å². The predicted molar refractivity (Wildman–Crippen MR) is 59.8 cm³/mol. The summed E-state index contributed by atoms with van der Waals surface area (Å²) in [6.07, 6.45) is 0.807.